The molecule has 1 saturated carbocycles. The van der Waals surface area contributed by atoms with Crippen LogP contribution < -0.4 is 4.74 Å². The lowest BCUT2D eigenvalue weighted by Gasteiger charge is -2.33. The van der Waals surface area contributed by atoms with Gasteiger partial charge in [-0.2, -0.15) is 0 Å². The molecular weight excluding hydrogens is 314 g/mol. The van der Waals surface area contributed by atoms with Gasteiger partial charge in [0.2, 0.25) is 0 Å². The van der Waals surface area contributed by atoms with Gasteiger partial charge in [0, 0.05) is 29.6 Å². The number of nitrogens with zero attached hydrogens (tertiary/aromatic N) is 1. The maximum atomic E-state index is 11.7. The summed E-state index contributed by atoms with van der Waals surface area (Å²) >= 11 is 6.26. The minimum Gasteiger partial charge on any atom is -0.493 e. The number of carboxylic acids is 1. The molecule has 23 heavy (non-hydrogen) atoms. The van der Waals surface area contributed by atoms with Gasteiger partial charge in [-0.1, -0.05) is 24.4 Å². The molecule has 4 rings (SSSR count). The van der Waals surface area contributed by atoms with Crippen LogP contribution in [0.4, 0.5) is 0 Å². The molecule has 1 N–H and O–H groups in total. The van der Waals surface area contributed by atoms with Crippen LogP contribution in [0.3, 0.4) is 0 Å². The Morgan fingerprint density at radius 3 is 3.00 bits per heavy atom. The molecule has 124 valence electrons. The molecule has 1 aliphatic carbocycles. The number of hydrogen-bond donors (Lipinski definition) is 1. The summed E-state index contributed by atoms with van der Waals surface area (Å²) < 4.78 is 5.79. The van der Waals surface area contributed by atoms with Crippen molar-refractivity contribution in [3.63, 3.8) is 0 Å². The summed E-state index contributed by atoms with van der Waals surface area (Å²) in [5.74, 6) is 0.759. The zero-order chi connectivity index (χ0) is 16.0. The van der Waals surface area contributed by atoms with E-state index in [9.17, 15) is 9.90 Å². The van der Waals surface area contributed by atoms with Crippen molar-refractivity contribution in [2.45, 2.75) is 57.2 Å². The third-order valence-electron chi connectivity index (χ3n) is 5.68. The van der Waals surface area contributed by atoms with Crippen molar-refractivity contribution >= 4 is 17.6 Å². The largest absolute Gasteiger partial charge is 0.493 e. The summed E-state index contributed by atoms with van der Waals surface area (Å²) in [6, 6.07) is 3.93. The predicted octanol–water partition coefficient (Wildman–Crippen LogP) is 3.49. The molecule has 5 heteroatoms. The lowest BCUT2D eigenvalue weighted by atomic mass is 9.84. The number of carboxylic acid groups (broad SMARTS) is 1. The van der Waals surface area contributed by atoms with Crippen LogP contribution in [0.1, 0.15) is 43.2 Å². The Balaban J connectivity index is 1.65. The molecule has 0 bridgehead atoms. The van der Waals surface area contributed by atoms with Crippen molar-refractivity contribution in [2.24, 2.45) is 5.92 Å². The number of hydrogen-bond acceptors (Lipinski definition) is 3. The molecule has 2 heterocycles. The summed E-state index contributed by atoms with van der Waals surface area (Å²) in [5.41, 5.74) is 2.20. The van der Waals surface area contributed by atoms with Crippen molar-refractivity contribution in [2.75, 3.05) is 6.61 Å². The molecule has 1 aromatic rings. The van der Waals surface area contributed by atoms with Gasteiger partial charge in [-0.05, 0) is 42.9 Å². The fourth-order valence-corrected chi connectivity index (χ4v) is 4.95. The highest BCUT2D eigenvalue weighted by molar-refractivity contribution is 6.30. The molecule has 0 spiro atoms. The van der Waals surface area contributed by atoms with Crippen LogP contribution in [0, 0.1) is 5.92 Å². The number of benzene rings is 1. The third kappa shape index (κ3) is 2.72. The van der Waals surface area contributed by atoms with Crippen molar-refractivity contribution in [1.29, 1.82) is 0 Å². The Morgan fingerprint density at radius 2 is 2.17 bits per heavy atom. The molecule has 2 fully saturated rings. The van der Waals surface area contributed by atoms with Gasteiger partial charge in [0.1, 0.15) is 11.8 Å². The van der Waals surface area contributed by atoms with E-state index in [0.29, 0.717) is 25.1 Å². The fourth-order valence-electron chi connectivity index (χ4n) is 4.68. The van der Waals surface area contributed by atoms with Gasteiger partial charge in [-0.25, -0.2) is 0 Å². The number of likely N-dealkylation sites (tertiary alicyclic amines) is 1. The van der Waals surface area contributed by atoms with Crippen LogP contribution in [-0.4, -0.2) is 34.7 Å². The summed E-state index contributed by atoms with van der Waals surface area (Å²) in [6.45, 7) is 1.32. The van der Waals surface area contributed by atoms with E-state index in [2.05, 4.69) is 4.90 Å². The van der Waals surface area contributed by atoms with Crippen LogP contribution in [0.2, 0.25) is 5.02 Å². The summed E-state index contributed by atoms with van der Waals surface area (Å²) in [5, 5.41) is 10.4. The van der Waals surface area contributed by atoms with Gasteiger partial charge in [0.15, 0.2) is 0 Å². The van der Waals surface area contributed by atoms with Gasteiger partial charge in [-0.3, -0.25) is 9.69 Å². The first-order valence-corrected chi connectivity index (χ1v) is 8.94. The van der Waals surface area contributed by atoms with Crippen LogP contribution in [-0.2, 0) is 17.8 Å². The van der Waals surface area contributed by atoms with E-state index < -0.39 is 5.97 Å². The smallest absolute Gasteiger partial charge is 0.320 e. The number of ether oxygens (including phenoxy) is 1. The normalized spacial score (nSPS) is 29.9. The van der Waals surface area contributed by atoms with E-state index in [-0.39, 0.29) is 6.04 Å². The molecule has 0 radical (unpaired) electrons. The second-order valence-electron chi connectivity index (χ2n) is 7.03. The highest BCUT2D eigenvalue weighted by atomic mass is 35.5. The first kappa shape index (κ1) is 15.3. The van der Waals surface area contributed by atoms with Gasteiger partial charge < -0.3 is 9.84 Å². The molecule has 0 aromatic heterocycles. The number of aliphatic carboxylic acids is 1. The Hall–Kier alpha value is -1.26. The van der Waals surface area contributed by atoms with Crippen molar-refractivity contribution in [3.8, 4) is 5.75 Å². The van der Waals surface area contributed by atoms with Gasteiger partial charge >= 0.3 is 5.97 Å². The average molecular weight is 336 g/mol. The van der Waals surface area contributed by atoms with Gasteiger partial charge in [0.25, 0.3) is 0 Å². The van der Waals surface area contributed by atoms with Crippen molar-refractivity contribution in [3.05, 3.63) is 28.3 Å². The lowest BCUT2D eigenvalue weighted by Crippen LogP contribution is -2.41. The van der Waals surface area contributed by atoms with Gasteiger partial charge in [0.05, 0.1) is 6.61 Å². The minimum absolute atomic E-state index is 0.376. The summed E-state index contributed by atoms with van der Waals surface area (Å²) in [6.07, 6.45) is 6.37. The van der Waals surface area contributed by atoms with Crippen LogP contribution in [0.5, 0.6) is 5.75 Å². The number of halogens is 1. The second kappa shape index (κ2) is 5.99. The Bertz CT molecular complexity index is 633. The second-order valence-corrected chi connectivity index (χ2v) is 7.46. The first-order chi connectivity index (χ1) is 11.1. The highest BCUT2D eigenvalue weighted by Crippen LogP contribution is 2.42. The van der Waals surface area contributed by atoms with Crippen molar-refractivity contribution in [1.82, 2.24) is 4.90 Å². The van der Waals surface area contributed by atoms with E-state index in [1.54, 1.807) is 0 Å². The van der Waals surface area contributed by atoms with E-state index in [1.165, 1.54) is 12.8 Å². The maximum Gasteiger partial charge on any atom is 0.320 e. The van der Waals surface area contributed by atoms with E-state index >= 15 is 0 Å². The fraction of sp³-hybridized carbons (Fsp3) is 0.611. The monoisotopic (exact) mass is 335 g/mol. The van der Waals surface area contributed by atoms with Crippen LogP contribution >= 0.6 is 11.6 Å². The maximum absolute atomic E-state index is 11.7. The molecule has 1 saturated heterocycles. The lowest BCUT2D eigenvalue weighted by molar-refractivity contribution is -0.142. The Kier molecular flexibility index (Phi) is 3.98. The molecule has 3 aliphatic rings. The van der Waals surface area contributed by atoms with Crippen LogP contribution in [0.15, 0.2) is 12.1 Å². The predicted molar refractivity (Wildman–Crippen MR) is 88.0 cm³/mol. The Morgan fingerprint density at radius 1 is 1.35 bits per heavy atom. The van der Waals surface area contributed by atoms with Gasteiger partial charge in [-0.15, -0.1) is 0 Å². The zero-order valence-electron chi connectivity index (χ0n) is 13.1. The van der Waals surface area contributed by atoms with E-state index in [1.807, 2.05) is 12.1 Å². The highest BCUT2D eigenvalue weighted by Gasteiger charge is 2.45. The quantitative estimate of drug-likeness (QED) is 0.918. The first-order valence-electron chi connectivity index (χ1n) is 8.56. The molecule has 2 aliphatic heterocycles. The molecule has 0 amide bonds. The Labute approximate surface area is 141 Å². The molecule has 1 aromatic carbocycles. The van der Waals surface area contributed by atoms with Crippen LogP contribution in [0.25, 0.3) is 0 Å². The SMILES string of the molecule is O=C(O)C1CC2CCCCC2N1Cc1cc(Cl)cc2c1OCC2. The summed E-state index contributed by atoms with van der Waals surface area (Å²) in [7, 11) is 0. The molecule has 3 atom stereocenters. The third-order valence-corrected chi connectivity index (χ3v) is 5.90. The average Bonchev–Trinajstić information content (AvgIpc) is 3.12. The number of rotatable bonds is 3. The molecule has 3 unspecified atom stereocenters. The van der Waals surface area contributed by atoms with E-state index in [0.717, 1.165) is 47.6 Å². The number of fused-ring (bicyclic) bond motifs is 2. The van der Waals surface area contributed by atoms with Crippen molar-refractivity contribution < 1.29 is 14.6 Å². The zero-order valence-corrected chi connectivity index (χ0v) is 13.9. The molecular formula is C18H22ClNO3. The number of carbonyl (C=O) groups is 1. The topological polar surface area (TPSA) is 49.8 Å². The minimum atomic E-state index is -0.695. The van der Waals surface area contributed by atoms with E-state index in [4.69, 9.17) is 16.3 Å². The standard InChI is InChI=1S/C18H22ClNO3/c19-14-7-12-5-6-23-17(12)13(8-14)10-20-15-4-2-1-3-11(15)9-16(20)18(21)22/h7-8,11,15-16H,1-6,9-10H2,(H,21,22). The molecule has 4 nitrogen and oxygen atoms in total. The summed E-state index contributed by atoms with van der Waals surface area (Å²) in [4.78, 5) is 13.9.